The molecule has 0 N–H and O–H groups in total. The molecule has 0 saturated carbocycles. The van der Waals surface area contributed by atoms with E-state index in [4.69, 9.17) is 11.6 Å². The molecule has 3 heterocycles. The lowest BCUT2D eigenvalue weighted by Crippen LogP contribution is -2.45. The zero-order valence-electron chi connectivity index (χ0n) is 16.1. The summed E-state index contributed by atoms with van der Waals surface area (Å²) in [6, 6.07) is 7.66. The van der Waals surface area contributed by atoms with Crippen molar-refractivity contribution in [3.63, 3.8) is 0 Å². The van der Waals surface area contributed by atoms with Gasteiger partial charge in [0.15, 0.2) is 0 Å². The summed E-state index contributed by atoms with van der Waals surface area (Å²) in [6.07, 6.45) is 5.98. The zero-order chi connectivity index (χ0) is 19.7. The van der Waals surface area contributed by atoms with E-state index in [1.807, 2.05) is 47.2 Å². The minimum absolute atomic E-state index is 0.00256. The van der Waals surface area contributed by atoms with Crippen LogP contribution in [0.1, 0.15) is 30.4 Å². The van der Waals surface area contributed by atoms with E-state index in [-0.39, 0.29) is 23.8 Å². The summed E-state index contributed by atoms with van der Waals surface area (Å²) in [6.45, 7) is 5.06. The molecule has 2 amide bonds. The smallest absolute Gasteiger partial charge is 0.244 e. The Morgan fingerprint density at radius 2 is 1.93 bits per heavy atom. The summed E-state index contributed by atoms with van der Waals surface area (Å²) in [5, 5.41) is 4.90. The van der Waals surface area contributed by atoms with Crippen molar-refractivity contribution in [1.29, 1.82) is 0 Å². The van der Waals surface area contributed by atoms with Crippen molar-refractivity contribution in [1.82, 2.24) is 19.6 Å². The quantitative estimate of drug-likeness (QED) is 0.792. The fourth-order valence-corrected chi connectivity index (χ4v) is 4.42. The van der Waals surface area contributed by atoms with Gasteiger partial charge in [-0.05, 0) is 43.0 Å². The zero-order valence-corrected chi connectivity index (χ0v) is 16.9. The normalized spacial score (nSPS) is 18.9. The van der Waals surface area contributed by atoms with E-state index in [1.54, 1.807) is 10.9 Å². The molecule has 0 radical (unpaired) electrons. The molecule has 148 valence electrons. The molecular weight excluding hydrogens is 376 g/mol. The molecule has 2 saturated heterocycles. The molecule has 1 aromatic heterocycles. The number of amides is 2. The molecule has 2 fully saturated rings. The van der Waals surface area contributed by atoms with Gasteiger partial charge in [0.25, 0.3) is 0 Å². The van der Waals surface area contributed by atoms with Gasteiger partial charge in [-0.15, -0.1) is 0 Å². The van der Waals surface area contributed by atoms with Crippen LogP contribution in [-0.4, -0.2) is 51.0 Å². The van der Waals surface area contributed by atoms with E-state index in [1.165, 1.54) is 0 Å². The van der Waals surface area contributed by atoms with Crippen LogP contribution in [0.5, 0.6) is 0 Å². The first-order valence-electron chi connectivity index (χ1n) is 9.72. The lowest BCUT2D eigenvalue weighted by molar-refractivity contribution is -0.134. The van der Waals surface area contributed by atoms with E-state index in [0.717, 1.165) is 30.5 Å². The Morgan fingerprint density at radius 3 is 2.57 bits per heavy atom. The lowest BCUT2D eigenvalue weighted by atomic mass is 9.77. The molecule has 2 aliphatic rings. The first-order valence-corrected chi connectivity index (χ1v) is 10.1. The predicted molar refractivity (Wildman–Crippen MR) is 107 cm³/mol. The molecule has 2 aromatic rings. The van der Waals surface area contributed by atoms with Gasteiger partial charge in [-0.3, -0.25) is 14.3 Å². The Morgan fingerprint density at radius 1 is 1.21 bits per heavy atom. The molecule has 4 rings (SSSR count). The van der Waals surface area contributed by atoms with Gasteiger partial charge in [-0.1, -0.05) is 23.7 Å². The SMILES string of the molecule is Cc1cnn(CC(=O)N2CCC3(CC2)CC(=O)N(Cc2ccc(Cl)cc2)C3)c1. The molecule has 6 nitrogen and oxygen atoms in total. The molecule has 7 heteroatoms. The maximum absolute atomic E-state index is 12.6. The number of piperidine rings is 1. The monoisotopic (exact) mass is 400 g/mol. The average Bonchev–Trinajstić information content (AvgIpc) is 3.20. The van der Waals surface area contributed by atoms with Crippen LogP contribution in [0.4, 0.5) is 0 Å². The second kappa shape index (κ2) is 7.59. The summed E-state index contributed by atoms with van der Waals surface area (Å²) >= 11 is 5.95. The highest BCUT2D eigenvalue weighted by atomic mass is 35.5. The van der Waals surface area contributed by atoms with Crippen molar-refractivity contribution in [2.45, 2.75) is 39.3 Å². The molecule has 1 aromatic carbocycles. The third-order valence-electron chi connectivity index (χ3n) is 5.93. The summed E-state index contributed by atoms with van der Waals surface area (Å²) in [7, 11) is 0. The van der Waals surface area contributed by atoms with E-state index in [0.29, 0.717) is 31.1 Å². The van der Waals surface area contributed by atoms with Gasteiger partial charge in [0, 0.05) is 49.2 Å². The standard InChI is InChI=1S/C21H25ClN4O2/c1-16-11-23-26(12-16)14-20(28)24-8-6-21(7-9-24)10-19(27)25(15-21)13-17-2-4-18(22)5-3-17/h2-5,11-12H,6-10,13-15H2,1H3. The molecular formula is C21H25ClN4O2. The number of nitrogens with zero attached hydrogens (tertiary/aromatic N) is 4. The molecule has 0 bridgehead atoms. The molecule has 0 aliphatic carbocycles. The number of hydrogen-bond acceptors (Lipinski definition) is 3. The summed E-state index contributed by atoms with van der Waals surface area (Å²) in [4.78, 5) is 29.0. The van der Waals surface area contributed by atoms with Crippen molar-refractivity contribution in [3.05, 3.63) is 52.8 Å². The van der Waals surface area contributed by atoms with Gasteiger partial charge in [-0.2, -0.15) is 5.10 Å². The first kappa shape index (κ1) is 19.0. The first-order chi connectivity index (χ1) is 13.4. The Kier molecular flexibility index (Phi) is 5.15. The Hall–Kier alpha value is -2.34. The highest BCUT2D eigenvalue weighted by molar-refractivity contribution is 6.30. The van der Waals surface area contributed by atoms with Crippen LogP contribution in [-0.2, 0) is 22.7 Å². The van der Waals surface area contributed by atoms with Crippen molar-refractivity contribution in [3.8, 4) is 0 Å². The van der Waals surface area contributed by atoms with Gasteiger partial charge >= 0.3 is 0 Å². The molecule has 28 heavy (non-hydrogen) atoms. The van der Waals surface area contributed by atoms with E-state index >= 15 is 0 Å². The van der Waals surface area contributed by atoms with Crippen LogP contribution in [0.15, 0.2) is 36.7 Å². The van der Waals surface area contributed by atoms with Crippen LogP contribution >= 0.6 is 11.6 Å². The number of hydrogen-bond donors (Lipinski definition) is 0. The topological polar surface area (TPSA) is 58.4 Å². The number of carbonyl (C=O) groups is 2. The summed E-state index contributed by atoms with van der Waals surface area (Å²) < 4.78 is 1.69. The minimum Gasteiger partial charge on any atom is -0.341 e. The third-order valence-corrected chi connectivity index (χ3v) is 6.18. The van der Waals surface area contributed by atoms with E-state index in [9.17, 15) is 9.59 Å². The Balaban J connectivity index is 1.33. The number of halogens is 1. The van der Waals surface area contributed by atoms with Crippen LogP contribution < -0.4 is 0 Å². The van der Waals surface area contributed by atoms with Crippen molar-refractivity contribution in [2.24, 2.45) is 5.41 Å². The van der Waals surface area contributed by atoms with Gasteiger partial charge in [0.2, 0.25) is 11.8 Å². The highest BCUT2D eigenvalue weighted by Crippen LogP contribution is 2.41. The fourth-order valence-electron chi connectivity index (χ4n) is 4.29. The molecule has 1 spiro atoms. The number of benzene rings is 1. The lowest BCUT2D eigenvalue weighted by Gasteiger charge is -2.38. The fraction of sp³-hybridized carbons (Fsp3) is 0.476. The Bertz CT molecular complexity index is 869. The maximum atomic E-state index is 12.6. The third kappa shape index (κ3) is 4.07. The number of aryl methyl sites for hydroxylation is 1. The number of rotatable bonds is 4. The van der Waals surface area contributed by atoms with Crippen LogP contribution in [0.25, 0.3) is 0 Å². The maximum Gasteiger partial charge on any atom is 0.244 e. The van der Waals surface area contributed by atoms with E-state index in [2.05, 4.69) is 5.10 Å². The Labute approximate surface area is 170 Å². The highest BCUT2D eigenvalue weighted by Gasteiger charge is 2.45. The van der Waals surface area contributed by atoms with E-state index < -0.39 is 0 Å². The second-order valence-corrected chi connectivity index (χ2v) is 8.59. The van der Waals surface area contributed by atoms with Gasteiger partial charge in [-0.25, -0.2) is 0 Å². The van der Waals surface area contributed by atoms with Gasteiger partial charge in [0.05, 0.1) is 6.20 Å². The van der Waals surface area contributed by atoms with Crippen molar-refractivity contribution < 1.29 is 9.59 Å². The second-order valence-electron chi connectivity index (χ2n) is 8.15. The van der Waals surface area contributed by atoms with Crippen LogP contribution in [0.3, 0.4) is 0 Å². The molecule has 0 unspecified atom stereocenters. The largest absolute Gasteiger partial charge is 0.341 e. The number of likely N-dealkylation sites (tertiary alicyclic amines) is 2. The molecule has 0 atom stereocenters. The molecule has 2 aliphatic heterocycles. The summed E-state index contributed by atoms with van der Waals surface area (Å²) in [5.41, 5.74) is 2.15. The van der Waals surface area contributed by atoms with Gasteiger partial charge in [0.1, 0.15) is 6.54 Å². The van der Waals surface area contributed by atoms with Crippen LogP contribution in [0.2, 0.25) is 5.02 Å². The number of aromatic nitrogens is 2. The van der Waals surface area contributed by atoms with Crippen molar-refractivity contribution in [2.75, 3.05) is 19.6 Å². The minimum atomic E-state index is 0.00256. The average molecular weight is 401 g/mol. The van der Waals surface area contributed by atoms with Crippen molar-refractivity contribution >= 4 is 23.4 Å². The predicted octanol–water partition coefficient (Wildman–Crippen LogP) is 2.89. The summed E-state index contributed by atoms with van der Waals surface area (Å²) in [5.74, 6) is 0.307. The van der Waals surface area contributed by atoms with Gasteiger partial charge < -0.3 is 9.80 Å². The van der Waals surface area contributed by atoms with Crippen LogP contribution in [0, 0.1) is 12.3 Å². The number of carbonyl (C=O) groups excluding carboxylic acids is 2.